The maximum absolute atomic E-state index is 13.1. The number of methoxy groups -OCH3 is 1. The van der Waals surface area contributed by atoms with Crippen LogP contribution in [0.15, 0.2) is 53.1 Å². The summed E-state index contributed by atoms with van der Waals surface area (Å²) >= 11 is 5.16. The summed E-state index contributed by atoms with van der Waals surface area (Å²) in [6.45, 7) is 0.248. The number of rotatable bonds is 5. The maximum Gasteiger partial charge on any atom is 0.246 e. The van der Waals surface area contributed by atoms with Gasteiger partial charge in [-0.1, -0.05) is 23.4 Å². The molecule has 128 valence electrons. The summed E-state index contributed by atoms with van der Waals surface area (Å²) in [6, 6.07) is 13.4. The molecule has 0 saturated heterocycles. The quantitative estimate of drug-likeness (QED) is 0.678. The number of benzene rings is 2. The second-order valence-electron chi connectivity index (χ2n) is 5.06. The van der Waals surface area contributed by atoms with Gasteiger partial charge in [-0.25, -0.2) is 4.39 Å². The van der Waals surface area contributed by atoms with Crippen LogP contribution in [-0.2, 0) is 6.54 Å². The number of anilines is 1. The van der Waals surface area contributed by atoms with Gasteiger partial charge in [0.05, 0.1) is 13.7 Å². The Morgan fingerprint density at radius 3 is 2.88 bits per heavy atom. The number of nitrogens with zero attached hydrogens (tertiary/aromatic N) is 2. The van der Waals surface area contributed by atoms with E-state index < -0.39 is 0 Å². The largest absolute Gasteiger partial charge is 0.497 e. The van der Waals surface area contributed by atoms with Gasteiger partial charge in [-0.05, 0) is 42.5 Å². The van der Waals surface area contributed by atoms with E-state index in [0.29, 0.717) is 28.3 Å². The molecule has 1 heterocycles. The summed E-state index contributed by atoms with van der Waals surface area (Å²) in [5.41, 5.74) is 1.34. The average Bonchev–Trinajstić information content (AvgIpc) is 3.09. The predicted molar refractivity (Wildman–Crippen MR) is 95.7 cm³/mol. The van der Waals surface area contributed by atoms with Crippen LogP contribution in [0.5, 0.6) is 5.75 Å². The minimum Gasteiger partial charge on any atom is -0.497 e. The van der Waals surface area contributed by atoms with Crippen molar-refractivity contribution in [1.29, 1.82) is 0 Å². The van der Waals surface area contributed by atoms with E-state index in [0.717, 1.165) is 5.56 Å². The van der Waals surface area contributed by atoms with Gasteiger partial charge < -0.3 is 19.9 Å². The number of nitrogens with one attached hydrogen (secondary N) is 2. The second-order valence-corrected chi connectivity index (χ2v) is 5.47. The maximum atomic E-state index is 13.1. The SMILES string of the molecule is COc1cccc(-c2noc(CNC(=S)Nc3cccc(F)c3)n2)c1. The molecular weight excluding hydrogens is 343 g/mol. The van der Waals surface area contributed by atoms with Gasteiger partial charge in [0.25, 0.3) is 0 Å². The Morgan fingerprint density at radius 2 is 2.08 bits per heavy atom. The molecule has 3 rings (SSSR count). The van der Waals surface area contributed by atoms with E-state index in [4.69, 9.17) is 21.5 Å². The topological polar surface area (TPSA) is 72.2 Å². The average molecular weight is 358 g/mol. The Kier molecular flexibility index (Phi) is 5.20. The van der Waals surface area contributed by atoms with Gasteiger partial charge in [0.1, 0.15) is 11.6 Å². The zero-order valence-electron chi connectivity index (χ0n) is 13.3. The van der Waals surface area contributed by atoms with E-state index in [2.05, 4.69) is 20.8 Å². The van der Waals surface area contributed by atoms with Crippen LogP contribution in [0.3, 0.4) is 0 Å². The third-order valence-electron chi connectivity index (χ3n) is 3.28. The van der Waals surface area contributed by atoms with Crippen molar-refractivity contribution in [2.24, 2.45) is 0 Å². The number of ether oxygens (including phenoxy) is 1. The molecule has 0 fully saturated rings. The molecule has 0 atom stereocenters. The van der Waals surface area contributed by atoms with Gasteiger partial charge in [-0.3, -0.25) is 0 Å². The minimum absolute atomic E-state index is 0.248. The van der Waals surface area contributed by atoms with Crippen molar-refractivity contribution in [2.75, 3.05) is 12.4 Å². The van der Waals surface area contributed by atoms with Crippen LogP contribution in [0.25, 0.3) is 11.4 Å². The zero-order valence-corrected chi connectivity index (χ0v) is 14.1. The van der Waals surface area contributed by atoms with E-state index in [1.165, 1.54) is 12.1 Å². The van der Waals surface area contributed by atoms with Crippen molar-refractivity contribution in [3.63, 3.8) is 0 Å². The third-order valence-corrected chi connectivity index (χ3v) is 3.53. The molecule has 0 bridgehead atoms. The second kappa shape index (κ2) is 7.71. The van der Waals surface area contributed by atoms with Crippen LogP contribution in [0.2, 0.25) is 0 Å². The van der Waals surface area contributed by atoms with Crippen molar-refractivity contribution in [3.05, 3.63) is 60.2 Å². The molecule has 25 heavy (non-hydrogen) atoms. The van der Waals surface area contributed by atoms with Crippen molar-refractivity contribution in [1.82, 2.24) is 15.5 Å². The van der Waals surface area contributed by atoms with Gasteiger partial charge in [-0.2, -0.15) is 4.98 Å². The van der Waals surface area contributed by atoms with E-state index in [1.54, 1.807) is 19.2 Å². The lowest BCUT2D eigenvalue weighted by molar-refractivity contribution is 0.376. The highest BCUT2D eigenvalue weighted by molar-refractivity contribution is 7.80. The molecule has 3 aromatic rings. The molecule has 0 unspecified atom stereocenters. The first-order valence-corrected chi connectivity index (χ1v) is 7.82. The van der Waals surface area contributed by atoms with E-state index >= 15 is 0 Å². The monoisotopic (exact) mass is 358 g/mol. The molecule has 0 aliphatic heterocycles. The van der Waals surface area contributed by atoms with Gasteiger partial charge in [0.15, 0.2) is 5.11 Å². The third kappa shape index (κ3) is 4.51. The summed E-state index contributed by atoms with van der Waals surface area (Å²) in [5.74, 6) is 1.20. The molecular formula is C17H15FN4O2S. The number of thiocarbonyl (C=S) groups is 1. The first kappa shape index (κ1) is 16.8. The molecule has 0 aliphatic carbocycles. The molecule has 0 amide bonds. The molecule has 0 spiro atoms. The lowest BCUT2D eigenvalue weighted by Gasteiger charge is -2.08. The Labute approximate surface area is 149 Å². The summed E-state index contributed by atoms with van der Waals surface area (Å²) in [4.78, 5) is 4.31. The van der Waals surface area contributed by atoms with Crippen molar-refractivity contribution >= 4 is 23.0 Å². The standard InChI is InChI=1S/C17H15FN4O2S/c1-23-14-7-2-4-11(8-14)16-21-15(24-22-16)10-19-17(25)20-13-6-3-5-12(18)9-13/h2-9H,10H2,1H3,(H2,19,20,25). The van der Waals surface area contributed by atoms with Gasteiger partial charge in [0, 0.05) is 11.3 Å². The highest BCUT2D eigenvalue weighted by Gasteiger charge is 2.10. The Hall–Kier alpha value is -3.00. The fraction of sp³-hybridized carbons (Fsp3) is 0.118. The van der Waals surface area contributed by atoms with Gasteiger partial charge >= 0.3 is 0 Å². The van der Waals surface area contributed by atoms with Gasteiger partial charge in [0.2, 0.25) is 11.7 Å². The normalized spacial score (nSPS) is 10.3. The van der Waals surface area contributed by atoms with Crippen LogP contribution in [0.4, 0.5) is 10.1 Å². The molecule has 2 aromatic carbocycles. The van der Waals surface area contributed by atoms with Crippen molar-refractivity contribution in [2.45, 2.75) is 6.54 Å². The lowest BCUT2D eigenvalue weighted by atomic mass is 10.2. The smallest absolute Gasteiger partial charge is 0.246 e. The first-order chi connectivity index (χ1) is 12.1. The molecule has 0 radical (unpaired) electrons. The van der Waals surface area contributed by atoms with E-state index in [1.807, 2.05) is 24.3 Å². The summed E-state index contributed by atoms with van der Waals surface area (Å²) in [6.07, 6.45) is 0. The molecule has 2 N–H and O–H groups in total. The van der Waals surface area contributed by atoms with Crippen molar-refractivity contribution in [3.8, 4) is 17.1 Å². The summed E-state index contributed by atoms with van der Waals surface area (Å²) in [5, 5.41) is 10.1. The van der Waals surface area contributed by atoms with Crippen molar-refractivity contribution < 1.29 is 13.7 Å². The highest BCUT2D eigenvalue weighted by Crippen LogP contribution is 2.21. The fourth-order valence-corrected chi connectivity index (χ4v) is 2.29. The minimum atomic E-state index is -0.340. The first-order valence-electron chi connectivity index (χ1n) is 7.41. The summed E-state index contributed by atoms with van der Waals surface area (Å²) < 4.78 is 23.5. The van der Waals surface area contributed by atoms with Gasteiger partial charge in [-0.15, -0.1) is 0 Å². The van der Waals surface area contributed by atoms with Crippen LogP contribution >= 0.6 is 12.2 Å². The summed E-state index contributed by atoms with van der Waals surface area (Å²) in [7, 11) is 1.59. The van der Waals surface area contributed by atoms with E-state index in [9.17, 15) is 4.39 Å². The Balaban J connectivity index is 1.59. The van der Waals surface area contributed by atoms with E-state index in [-0.39, 0.29) is 12.4 Å². The number of hydrogen-bond acceptors (Lipinski definition) is 5. The Morgan fingerprint density at radius 1 is 1.24 bits per heavy atom. The van der Waals surface area contributed by atoms with Crippen LogP contribution in [0, 0.1) is 5.82 Å². The molecule has 8 heteroatoms. The lowest BCUT2D eigenvalue weighted by Crippen LogP contribution is -2.28. The highest BCUT2D eigenvalue weighted by atomic mass is 32.1. The molecule has 1 aromatic heterocycles. The predicted octanol–water partition coefficient (Wildman–Crippen LogP) is 3.37. The molecule has 0 saturated carbocycles. The molecule has 6 nitrogen and oxygen atoms in total. The molecule has 0 aliphatic rings. The van der Waals surface area contributed by atoms with Crippen LogP contribution in [0.1, 0.15) is 5.89 Å². The Bertz CT molecular complexity index is 884. The zero-order chi connectivity index (χ0) is 17.6. The number of aromatic nitrogens is 2. The number of hydrogen-bond donors (Lipinski definition) is 2. The number of halogens is 1. The van der Waals surface area contributed by atoms with Crippen LogP contribution in [-0.4, -0.2) is 22.4 Å². The van der Waals surface area contributed by atoms with Crippen LogP contribution < -0.4 is 15.4 Å². The fourth-order valence-electron chi connectivity index (χ4n) is 2.10.